The fourth-order valence-electron chi connectivity index (χ4n) is 2.28. The van der Waals surface area contributed by atoms with Gasteiger partial charge in [0.2, 0.25) is 0 Å². The summed E-state index contributed by atoms with van der Waals surface area (Å²) in [6, 6.07) is 6.53. The van der Waals surface area contributed by atoms with E-state index in [1.54, 1.807) is 7.11 Å². The van der Waals surface area contributed by atoms with Crippen LogP contribution in [-0.4, -0.2) is 48.0 Å². The molecule has 0 unspecified atom stereocenters. The lowest BCUT2D eigenvalue weighted by molar-refractivity contribution is 0.183. The first kappa shape index (κ1) is 14.9. The molecule has 0 radical (unpaired) electrons. The van der Waals surface area contributed by atoms with Gasteiger partial charge in [-0.25, -0.2) is 0 Å². The fraction of sp³-hybridized carbons (Fsp3) is 0.500. The first-order chi connectivity index (χ1) is 9.78. The van der Waals surface area contributed by atoms with Crippen molar-refractivity contribution in [2.75, 3.05) is 26.9 Å². The number of ether oxygens (including phenoxy) is 1. The van der Waals surface area contributed by atoms with E-state index in [1.165, 1.54) is 12.8 Å². The van der Waals surface area contributed by atoms with E-state index >= 15 is 0 Å². The molecule has 0 aliphatic heterocycles. The van der Waals surface area contributed by atoms with Crippen LogP contribution in [-0.2, 0) is 6.54 Å². The second-order valence-electron chi connectivity index (χ2n) is 4.92. The molecular formula is C16H21NO3. The minimum absolute atomic E-state index is 0.161. The zero-order chi connectivity index (χ0) is 14.4. The lowest BCUT2D eigenvalue weighted by Crippen LogP contribution is -2.28. The van der Waals surface area contributed by atoms with Crippen LogP contribution in [0.5, 0.6) is 5.75 Å². The predicted molar refractivity (Wildman–Crippen MR) is 77.5 cm³/mol. The van der Waals surface area contributed by atoms with E-state index in [-0.39, 0.29) is 13.2 Å². The summed E-state index contributed by atoms with van der Waals surface area (Å²) in [5.74, 6) is 6.28. The maximum atomic E-state index is 9.13. The molecule has 108 valence electrons. The van der Waals surface area contributed by atoms with Crippen molar-refractivity contribution in [2.45, 2.75) is 25.4 Å². The maximum absolute atomic E-state index is 9.13. The highest BCUT2D eigenvalue weighted by Crippen LogP contribution is 2.28. The van der Waals surface area contributed by atoms with Crippen molar-refractivity contribution in [3.05, 3.63) is 29.3 Å². The molecule has 4 nitrogen and oxygen atoms in total. The molecular weight excluding hydrogens is 254 g/mol. The molecule has 0 amide bonds. The Morgan fingerprint density at radius 1 is 1.35 bits per heavy atom. The van der Waals surface area contributed by atoms with Gasteiger partial charge in [0.05, 0.1) is 19.3 Å². The molecule has 1 fully saturated rings. The van der Waals surface area contributed by atoms with Gasteiger partial charge in [-0.1, -0.05) is 17.9 Å². The molecule has 0 spiro atoms. The minimum Gasteiger partial charge on any atom is -0.495 e. The molecule has 1 aromatic rings. The van der Waals surface area contributed by atoms with Gasteiger partial charge in [0.15, 0.2) is 0 Å². The second-order valence-corrected chi connectivity index (χ2v) is 4.92. The zero-order valence-electron chi connectivity index (χ0n) is 11.8. The Morgan fingerprint density at radius 3 is 2.75 bits per heavy atom. The van der Waals surface area contributed by atoms with Gasteiger partial charge in [0, 0.05) is 19.1 Å². The Labute approximate surface area is 120 Å². The number of aliphatic hydroxyl groups is 2. The number of hydrogen-bond acceptors (Lipinski definition) is 4. The molecule has 4 heteroatoms. The van der Waals surface area contributed by atoms with Gasteiger partial charge in [-0.2, -0.15) is 0 Å². The molecule has 1 saturated carbocycles. The largest absolute Gasteiger partial charge is 0.495 e. The quantitative estimate of drug-likeness (QED) is 0.760. The van der Waals surface area contributed by atoms with Crippen LogP contribution in [0.2, 0.25) is 0 Å². The Morgan fingerprint density at radius 2 is 2.15 bits per heavy atom. The number of benzene rings is 1. The van der Waals surface area contributed by atoms with Crippen LogP contribution in [0.25, 0.3) is 0 Å². The van der Waals surface area contributed by atoms with Crippen LogP contribution in [0.3, 0.4) is 0 Å². The third-order valence-corrected chi connectivity index (χ3v) is 3.40. The Balaban J connectivity index is 2.14. The van der Waals surface area contributed by atoms with Crippen LogP contribution < -0.4 is 4.74 Å². The first-order valence-electron chi connectivity index (χ1n) is 6.90. The number of methoxy groups -OCH3 is 1. The van der Waals surface area contributed by atoms with Crippen molar-refractivity contribution in [1.29, 1.82) is 0 Å². The van der Waals surface area contributed by atoms with Crippen molar-refractivity contribution < 1.29 is 14.9 Å². The summed E-state index contributed by atoms with van der Waals surface area (Å²) in [5.41, 5.74) is 1.94. The van der Waals surface area contributed by atoms with Crippen LogP contribution >= 0.6 is 0 Å². The number of aliphatic hydroxyl groups excluding tert-OH is 2. The Kier molecular flexibility index (Phi) is 5.42. The Bertz CT molecular complexity index is 500. The highest BCUT2D eigenvalue weighted by atomic mass is 16.5. The van der Waals surface area contributed by atoms with Gasteiger partial charge in [-0.3, -0.25) is 4.90 Å². The van der Waals surface area contributed by atoms with E-state index in [2.05, 4.69) is 16.7 Å². The van der Waals surface area contributed by atoms with Crippen molar-refractivity contribution in [3.63, 3.8) is 0 Å². The van der Waals surface area contributed by atoms with Crippen molar-refractivity contribution >= 4 is 0 Å². The highest BCUT2D eigenvalue weighted by molar-refractivity contribution is 5.48. The number of nitrogens with zero attached hydrogens (tertiary/aromatic N) is 1. The summed E-state index contributed by atoms with van der Waals surface area (Å²) in [6.45, 7) is 1.54. The Hall–Kier alpha value is -1.54. The fourth-order valence-corrected chi connectivity index (χ4v) is 2.28. The SMILES string of the molecule is COc1ccc(CN(CCO)C2CC2)cc1C#CCO. The topological polar surface area (TPSA) is 52.9 Å². The van der Waals surface area contributed by atoms with E-state index in [4.69, 9.17) is 14.9 Å². The summed E-state index contributed by atoms with van der Waals surface area (Å²) in [5, 5.41) is 17.9. The molecule has 0 bridgehead atoms. The number of hydrogen-bond donors (Lipinski definition) is 2. The molecule has 0 saturated heterocycles. The first-order valence-corrected chi connectivity index (χ1v) is 6.90. The van der Waals surface area contributed by atoms with Gasteiger partial charge in [0.25, 0.3) is 0 Å². The summed E-state index contributed by atoms with van der Waals surface area (Å²) >= 11 is 0. The molecule has 20 heavy (non-hydrogen) atoms. The minimum atomic E-state index is -0.161. The van der Waals surface area contributed by atoms with Crippen LogP contribution in [0.4, 0.5) is 0 Å². The second kappa shape index (κ2) is 7.30. The molecule has 1 aliphatic rings. The van der Waals surface area contributed by atoms with E-state index in [9.17, 15) is 0 Å². The molecule has 0 atom stereocenters. The average Bonchev–Trinajstić information content (AvgIpc) is 3.29. The van der Waals surface area contributed by atoms with Gasteiger partial charge >= 0.3 is 0 Å². The predicted octanol–water partition coefficient (Wildman–Crippen LogP) is 0.996. The zero-order valence-corrected chi connectivity index (χ0v) is 11.8. The highest BCUT2D eigenvalue weighted by Gasteiger charge is 2.28. The molecule has 1 aliphatic carbocycles. The van der Waals surface area contributed by atoms with Crippen molar-refractivity contribution in [1.82, 2.24) is 4.90 Å². The normalized spacial score (nSPS) is 14.0. The van der Waals surface area contributed by atoms with Gasteiger partial charge in [0.1, 0.15) is 12.4 Å². The smallest absolute Gasteiger partial charge is 0.134 e. The van der Waals surface area contributed by atoms with Crippen molar-refractivity contribution in [3.8, 4) is 17.6 Å². The molecule has 2 N–H and O–H groups in total. The average molecular weight is 275 g/mol. The summed E-state index contributed by atoms with van der Waals surface area (Å²) in [4.78, 5) is 2.30. The van der Waals surface area contributed by atoms with E-state index in [1.807, 2.05) is 18.2 Å². The van der Waals surface area contributed by atoms with Gasteiger partial charge in [-0.15, -0.1) is 0 Å². The standard InChI is InChI=1S/C16H21NO3/c1-20-16-7-4-13(11-14(16)3-2-9-18)12-17(8-10-19)15-5-6-15/h4,7,11,15,18-19H,5-6,8-10,12H2,1H3. The van der Waals surface area contributed by atoms with Gasteiger partial charge < -0.3 is 14.9 Å². The maximum Gasteiger partial charge on any atom is 0.134 e. The molecule has 2 rings (SSSR count). The van der Waals surface area contributed by atoms with Crippen LogP contribution in [0.15, 0.2) is 18.2 Å². The van der Waals surface area contributed by atoms with Crippen molar-refractivity contribution in [2.24, 2.45) is 0 Å². The molecule has 0 heterocycles. The number of rotatable bonds is 6. The molecule has 1 aromatic carbocycles. The lowest BCUT2D eigenvalue weighted by atomic mass is 10.1. The van der Waals surface area contributed by atoms with Crippen LogP contribution in [0.1, 0.15) is 24.0 Å². The summed E-state index contributed by atoms with van der Waals surface area (Å²) in [6.07, 6.45) is 2.43. The lowest BCUT2D eigenvalue weighted by Gasteiger charge is -2.21. The van der Waals surface area contributed by atoms with E-state index < -0.39 is 0 Å². The summed E-state index contributed by atoms with van der Waals surface area (Å²) < 4.78 is 5.27. The molecule has 0 aromatic heterocycles. The summed E-state index contributed by atoms with van der Waals surface area (Å²) in [7, 11) is 1.61. The monoisotopic (exact) mass is 275 g/mol. The third-order valence-electron chi connectivity index (χ3n) is 3.40. The van der Waals surface area contributed by atoms with Crippen LogP contribution in [0, 0.1) is 11.8 Å². The third kappa shape index (κ3) is 3.97. The van der Waals surface area contributed by atoms with Gasteiger partial charge in [-0.05, 0) is 30.5 Å². The van der Waals surface area contributed by atoms with E-state index in [0.29, 0.717) is 12.6 Å². The van der Waals surface area contributed by atoms with E-state index in [0.717, 1.165) is 23.4 Å².